The van der Waals surface area contributed by atoms with Crippen LogP contribution in [-0.4, -0.2) is 46.9 Å². The largest absolute Gasteiger partial charge is 0.336 e. The number of carbonyl (C=O) groups is 1. The van der Waals surface area contributed by atoms with Crippen LogP contribution in [0.1, 0.15) is 15.4 Å². The molecule has 2 aromatic carbocycles. The molecule has 1 aliphatic heterocycles. The number of halogens is 3. The molecule has 0 saturated carbocycles. The maximum atomic E-state index is 13.1. The summed E-state index contributed by atoms with van der Waals surface area (Å²) in [4.78, 5) is 21.5. The number of rotatable bonds is 4. The van der Waals surface area contributed by atoms with Gasteiger partial charge in [0.15, 0.2) is 0 Å². The van der Waals surface area contributed by atoms with Gasteiger partial charge in [-0.05, 0) is 42.5 Å². The van der Waals surface area contributed by atoms with E-state index in [9.17, 15) is 9.18 Å². The molecule has 4 nitrogen and oxygen atoms in total. The number of nitrogens with zero attached hydrogens (tertiary/aromatic N) is 3. The number of hydrogen-bond donors (Lipinski definition) is 0. The number of thiazole rings is 1. The molecule has 0 bridgehead atoms. The first-order chi connectivity index (χ1) is 14.0. The molecule has 0 aliphatic carbocycles. The minimum absolute atomic E-state index is 0.0538. The number of aromatic nitrogens is 1. The Hall–Kier alpha value is -1.99. The zero-order valence-corrected chi connectivity index (χ0v) is 17.8. The first-order valence-electron chi connectivity index (χ1n) is 9.16. The molecule has 1 amide bonds. The zero-order valence-electron chi connectivity index (χ0n) is 15.4. The first-order valence-corrected chi connectivity index (χ1v) is 10.8. The van der Waals surface area contributed by atoms with Gasteiger partial charge in [0.05, 0.1) is 12.2 Å². The van der Waals surface area contributed by atoms with Gasteiger partial charge in [-0.2, -0.15) is 0 Å². The highest BCUT2D eigenvalue weighted by atomic mass is 35.5. The summed E-state index contributed by atoms with van der Waals surface area (Å²) in [5.41, 5.74) is 2.28. The molecule has 0 atom stereocenters. The molecular formula is C21H18Cl2FN3OS. The van der Waals surface area contributed by atoms with Crippen molar-refractivity contribution in [2.45, 2.75) is 6.54 Å². The monoisotopic (exact) mass is 449 g/mol. The summed E-state index contributed by atoms with van der Waals surface area (Å²) in [5, 5.41) is 3.91. The lowest BCUT2D eigenvalue weighted by Crippen LogP contribution is -2.48. The summed E-state index contributed by atoms with van der Waals surface area (Å²) in [5.74, 6) is -0.307. The summed E-state index contributed by atoms with van der Waals surface area (Å²) >= 11 is 13.6. The van der Waals surface area contributed by atoms with Crippen molar-refractivity contribution in [2.75, 3.05) is 26.2 Å². The van der Waals surface area contributed by atoms with Crippen molar-refractivity contribution in [1.82, 2.24) is 14.8 Å². The van der Waals surface area contributed by atoms with Crippen molar-refractivity contribution in [2.24, 2.45) is 0 Å². The smallest absolute Gasteiger partial charge is 0.254 e. The Labute approximate surface area is 182 Å². The summed E-state index contributed by atoms with van der Waals surface area (Å²) in [6, 6.07) is 11.3. The van der Waals surface area contributed by atoms with Gasteiger partial charge >= 0.3 is 0 Å². The molecule has 1 fully saturated rings. The summed E-state index contributed by atoms with van der Waals surface area (Å²) in [6.07, 6.45) is 0. The number of carbonyl (C=O) groups excluding carboxylic acids is 1. The van der Waals surface area contributed by atoms with Crippen LogP contribution in [0.4, 0.5) is 4.39 Å². The lowest BCUT2D eigenvalue weighted by Gasteiger charge is -2.34. The van der Waals surface area contributed by atoms with Crippen LogP contribution in [0.5, 0.6) is 0 Å². The molecule has 0 unspecified atom stereocenters. The lowest BCUT2D eigenvalue weighted by atomic mass is 10.2. The van der Waals surface area contributed by atoms with E-state index in [1.807, 2.05) is 10.3 Å². The maximum Gasteiger partial charge on any atom is 0.254 e. The minimum atomic E-state index is -0.253. The van der Waals surface area contributed by atoms with Gasteiger partial charge in [-0.1, -0.05) is 23.2 Å². The molecule has 4 rings (SSSR count). The SMILES string of the molecule is O=C(c1cc(Cl)cc(Cl)c1)N1CCN(Cc2nc(-c3ccc(F)cc3)cs2)CC1. The van der Waals surface area contributed by atoms with Crippen LogP contribution in [0.3, 0.4) is 0 Å². The van der Waals surface area contributed by atoms with Crippen molar-refractivity contribution >= 4 is 40.4 Å². The molecule has 1 aromatic heterocycles. The molecule has 0 N–H and O–H groups in total. The van der Waals surface area contributed by atoms with Crippen molar-refractivity contribution in [3.63, 3.8) is 0 Å². The summed E-state index contributed by atoms with van der Waals surface area (Å²) < 4.78 is 13.1. The average Bonchev–Trinajstić information content (AvgIpc) is 3.16. The molecule has 3 aromatic rings. The predicted octanol–water partition coefficient (Wildman–Crippen LogP) is 5.21. The van der Waals surface area contributed by atoms with Crippen LogP contribution in [0.2, 0.25) is 10.0 Å². The molecule has 1 aliphatic rings. The van der Waals surface area contributed by atoms with Gasteiger partial charge in [0, 0.05) is 52.7 Å². The molecule has 0 spiro atoms. The highest BCUT2D eigenvalue weighted by molar-refractivity contribution is 7.09. The minimum Gasteiger partial charge on any atom is -0.336 e. The average molecular weight is 450 g/mol. The van der Waals surface area contributed by atoms with Crippen molar-refractivity contribution < 1.29 is 9.18 Å². The Balaban J connectivity index is 1.34. The van der Waals surface area contributed by atoms with E-state index in [1.54, 1.807) is 41.7 Å². The molecule has 150 valence electrons. The molecule has 1 saturated heterocycles. The van der Waals surface area contributed by atoms with Crippen molar-refractivity contribution in [1.29, 1.82) is 0 Å². The first kappa shape index (κ1) is 20.3. The third-order valence-electron chi connectivity index (χ3n) is 4.82. The van der Waals surface area contributed by atoms with Gasteiger partial charge in [-0.3, -0.25) is 9.69 Å². The number of hydrogen-bond acceptors (Lipinski definition) is 4. The van der Waals surface area contributed by atoms with E-state index in [0.717, 1.165) is 35.9 Å². The molecule has 0 radical (unpaired) electrons. The third-order valence-corrected chi connectivity index (χ3v) is 6.09. The molecule has 8 heteroatoms. The van der Waals surface area contributed by atoms with E-state index in [-0.39, 0.29) is 11.7 Å². The van der Waals surface area contributed by atoms with E-state index in [0.29, 0.717) is 28.7 Å². The van der Waals surface area contributed by atoms with Gasteiger partial charge < -0.3 is 4.90 Å². The van der Waals surface area contributed by atoms with E-state index in [2.05, 4.69) is 9.88 Å². The predicted molar refractivity (Wildman–Crippen MR) is 115 cm³/mol. The Morgan fingerprint density at radius 2 is 1.69 bits per heavy atom. The fraction of sp³-hybridized carbons (Fsp3) is 0.238. The zero-order chi connectivity index (χ0) is 20.4. The second-order valence-electron chi connectivity index (χ2n) is 6.86. The van der Waals surface area contributed by atoms with Gasteiger partial charge in [-0.15, -0.1) is 11.3 Å². The van der Waals surface area contributed by atoms with Crippen LogP contribution in [0, 0.1) is 5.82 Å². The van der Waals surface area contributed by atoms with Gasteiger partial charge in [0.1, 0.15) is 10.8 Å². The quantitative estimate of drug-likeness (QED) is 0.548. The van der Waals surface area contributed by atoms with Gasteiger partial charge in [-0.25, -0.2) is 9.37 Å². The second kappa shape index (κ2) is 8.79. The van der Waals surface area contributed by atoms with Crippen molar-refractivity contribution in [3.8, 4) is 11.3 Å². The number of amides is 1. The fourth-order valence-corrected chi connectivity index (χ4v) is 4.67. The van der Waals surface area contributed by atoms with Gasteiger partial charge in [0.25, 0.3) is 5.91 Å². The number of piperazine rings is 1. The van der Waals surface area contributed by atoms with E-state index >= 15 is 0 Å². The van der Waals surface area contributed by atoms with Crippen LogP contribution in [0.25, 0.3) is 11.3 Å². The molecular weight excluding hydrogens is 432 g/mol. The fourth-order valence-electron chi connectivity index (χ4n) is 3.30. The Morgan fingerprint density at radius 1 is 1.03 bits per heavy atom. The second-order valence-corrected chi connectivity index (χ2v) is 8.68. The Morgan fingerprint density at radius 3 is 2.34 bits per heavy atom. The topological polar surface area (TPSA) is 36.4 Å². The lowest BCUT2D eigenvalue weighted by molar-refractivity contribution is 0.0628. The summed E-state index contributed by atoms with van der Waals surface area (Å²) in [7, 11) is 0. The third kappa shape index (κ3) is 4.95. The highest BCUT2D eigenvalue weighted by Crippen LogP contribution is 2.24. The van der Waals surface area contributed by atoms with Crippen LogP contribution in [0.15, 0.2) is 47.8 Å². The van der Waals surface area contributed by atoms with Crippen LogP contribution in [-0.2, 0) is 6.54 Å². The standard InChI is InChI=1S/C21H18Cl2FN3OS/c22-16-9-15(10-17(23)11-16)21(28)27-7-5-26(6-8-27)12-20-25-19(13-29-20)14-1-3-18(24)4-2-14/h1-4,9-11,13H,5-8,12H2. The van der Waals surface area contributed by atoms with Gasteiger partial charge in [0.2, 0.25) is 0 Å². The number of benzene rings is 2. The summed E-state index contributed by atoms with van der Waals surface area (Å²) in [6.45, 7) is 3.55. The van der Waals surface area contributed by atoms with Crippen LogP contribution < -0.4 is 0 Å². The maximum absolute atomic E-state index is 13.1. The Kier molecular flexibility index (Phi) is 6.15. The Bertz CT molecular complexity index is 997. The normalized spacial score (nSPS) is 14.9. The van der Waals surface area contributed by atoms with E-state index in [4.69, 9.17) is 23.2 Å². The van der Waals surface area contributed by atoms with Crippen molar-refractivity contribution in [3.05, 3.63) is 74.3 Å². The molecule has 29 heavy (non-hydrogen) atoms. The van der Waals surface area contributed by atoms with E-state index < -0.39 is 0 Å². The highest BCUT2D eigenvalue weighted by Gasteiger charge is 2.23. The van der Waals surface area contributed by atoms with Crippen LogP contribution >= 0.6 is 34.5 Å². The van der Waals surface area contributed by atoms with E-state index in [1.165, 1.54) is 12.1 Å². The molecule has 2 heterocycles.